The first-order valence-electron chi connectivity index (χ1n) is 11.1. The molecule has 0 fully saturated rings. The van der Waals surface area contributed by atoms with Gasteiger partial charge in [-0.25, -0.2) is 4.98 Å². The van der Waals surface area contributed by atoms with Crippen molar-refractivity contribution >= 4 is 28.1 Å². The van der Waals surface area contributed by atoms with Crippen molar-refractivity contribution in [2.45, 2.75) is 13.0 Å². The second kappa shape index (κ2) is 11.5. The largest absolute Gasteiger partial charge is 0.468 e. The van der Waals surface area contributed by atoms with Gasteiger partial charge < -0.3 is 15.0 Å². The van der Waals surface area contributed by atoms with Gasteiger partial charge in [0.2, 0.25) is 11.0 Å². The average Bonchev–Trinajstić information content (AvgIpc) is 3.34. The minimum Gasteiger partial charge on any atom is -0.468 e. The number of pyridine rings is 2. The van der Waals surface area contributed by atoms with E-state index in [1.54, 1.807) is 18.5 Å². The normalized spacial score (nSPS) is 11.8. The molecule has 1 atom stereocenters. The van der Waals surface area contributed by atoms with Crippen LogP contribution in [0.25, 0.3) is 10.6 Å². The van der Waals surface area contributed by atoms with E-state index in [-0.39, 0.29) is 12.0 Å². The van der Waals surface area contributed by atoms with Gasteiger partial charge >= 0.3 is 0 Å². The van der Waals surface area contributed by atoms with Crippen LogP contribution in [0, 0.1) is 0 Å². The lowest BCUT2D eigenvalue weighted by Gasteiger charge is -2.19. The molecular formula is C25H27N7O2S. The molecule has 4 aromatic rings. The molecular weight excluding hydrogens is 462 g/mol. The van der Waals surface area contributed by atoms with Gasteiger partial charge in [-0.05, 0) is 44.8 Å². The van der Waals surface area contributed by atoms with Crippen molar-refractivity contribution in [2.75, 3.05) is 37.8 Å². The third-order valence-electron chi connectivity index (χ3n) is 5.12. The van der Waals surface area contributed by atoms with Gasteiger partial charge in [0.1, 0.15) is 11.1 Å². The van der Waals surface area contributed by atoms with Crippen LogP contribution in [-0.4, -0.2) is 58.2 Å². The molecule has 0 aliphatic heterocycles. The van der Waals surface area contributed by atoms with Gasteiger partial charge in [-0.15, -0.1) is 10.2 Å². The molecule has 35 heavy (non-hydrogen) atoms. The Hall–Kier alpha value is -3.89. The number of aromatic nitrogens is 4. The van der Waals surface area contributed by atoms with Crippen LogP contribution in [0.15, 0.2) is 67.1 Å². The van der Waals surface area contributed by atoms with E-state index >= 15 is 0 Å². The molecule has 0 saturated heterocycles. The van der Waals surface area contributed by atoms with E-state index in [0.29, 0.717) is 33.8 Å². The molecule has 1 amide bonds. The molecule has 1 unspecified atom stereocenters. The summed E-state index contributed by atoms with van der Waals surface area (Å²) in [5, 5.41) is 15.5. The van der Waals surface area contributed by atoms with Crippen molar-refractivity contribution < 1.29 is 9.53 Å². The zero-order valence-corrected chi connectivity index (χ0v) is 20.6. The molecule has 0 aliphatic rings. The number of hydrogen-bond acceptors (Lipinski definition) is 9. The Morgan fingerprint density at radius 3 is 2.63 bits per heavy atom. The lowest BCUT2D eigenvalue weighted by Crippen LogP contribution is -2.21. The molecule has 0 radical (unpaired) electrons. The number of amides is 1. The molecule has 1 aromatic carbocycles. The standard InChI is InChI=1S/C25H27N7O2S/c1-17(18-7-5-4-6-8-18)34-23-21(27-13-14-32(2)3)15-20(16-28-23)22(33)29-25-31-30-24(35-25)19-9-11-26-12-10-19/h4-12,15-17,27H,13-14H2,1-3H3,(H,29,31,33). The van der Waals surface area contributed by atoms with Gasteiger partial charge in [0.15, 0.2) is 0 Å². The second-order valence-corrected chi connectivity index (χ2v) is 9.06. The van der Waals surface area contributed by atoms with E-state index in [1.165, 1.54) is 17.5 Å². The number of ether oxygens (including phenoxy) is 1. The van der Waals surface area contributed by atoms with Crippen molar-refractivity contribution in [3.63, 3.8) is 0 Å². The number of nitrogens with zero attached hydrogens (tertiary/aromatic N) is 5. The van der Waals surface area contributed by atoms with Crippen LogP contribution in [0.1, 0.15) is 28.9 Å². The summed E-state index contributed by atoms with van der Waals surface area (Å²) in [6.45, 7) is 3.45. The number of nitrogens with one attached hydrogen (secondary N) is 2. The van der Waals surface area contributed by atoms with Crippen molar-refractivity contribution in [2.24, 2.45) is 0 Å². The molecule has 4 rings (SSSR count). The maximum atomic E-state index is 13.0. The van der Waals surface area contributed by atoms with E-state index in [0.717, 1.165) is 17.7 Å². The zero-order chi connectivity index (χ0) is 24.6. The van der Waals surface area contributed by atoms with Crippen molar-refractivity contribution in [1.82, 2.24) is 25.1 Å². The highest BCUT2D eigenvalue weighted by Gasteiger charge is 2.17. The molecule has 0 saturated carbocycles. The summed E-state index contributed by atoms with van der Waals surface area (Å²) in [5.74, 6) is 0.112. The van der Waals surface area contributed by atoms with E-state index in [1.807, 2.05) is 63.5 Å². The smallest absolute Gasteiger partial charge is 0.259 e. The topological polar surface area (TPSA) is 105 Å². The number of hydrogen-bond donors (Lipinski definition) is 2. The number of anilines is 2. The summed E-state index contributed by atoms with van der Waals surface area (Å²) < 4.78 is 6.15. The van der Waals surface area contributed by atoms with E-state index in [9.17, 15) is 4.79 Å². The number of benzene rings is 1. The molecule has 0 aliphatic carbocycles. The number of rotatable bonds is 10. The van der Waals surface area contributed by atoms with Crippen LogP contribution in [0.3, 0.4) is 0 Å². The summed E-state index contributed by atoms with van der Waals surface area (Å²) in [4.78, 5) is 23.5. The zero-order valence-electron chi connectivity index (χ0n) is 19.8. The minimum absolute atomic E-state index is 0.203. The molecule has 9 nitrogen and oxygen atoms in total. The lowest BCUT2D eigenvalue weighted by atomic mass is 10.1. The quantitative estimate of drug-likeness (QED) is 0.339. The lowest BCUT2D eigenvalue weighted by molar-refractivity contribution is 0.102. The van der Waals surface area contributed by atoms with E-state index in [2.05, 4.69) is 35.7 Å². The molecule has 180 valence electrons. The van der Waals surface area contributed by atoms with Crippen LogP contribution in [0.5, 0.6) is 5.88 Å². The van der Waals surface area contributed by atoms with E-state index < -0.39 is 0 Å². The van der Waals surface area contributed by atoms with Crippen molar-refractivity contribution in [1.29, 1.82) is 0 Å². The highest BCUT2D eigenvalue weighted by Crippen LogP contribution is 2.29. The minimum atomic E-state index is -0.326. The third kappa shape index (κ3) is 6.58. The van der Waals surface area contributed by atoms with Gasteiger partial charge in [-0.3, -0.25) is 15.1 Å². The van der Waals surface area contributed by atoms with Gasteiger partial charge in [0.25, 0.3) is 5.91 Å². The highest BCUT2D eigenvalue weighted by molar-refractivity contribution is 7.18. The SMILES string of the molecule is CC(Oc1ncc(C(=O)Nc2nnc(-c3ccncc3)s2)cc1NCCN(C)C)c1ccccc1. The average molecular weight is 490 g/mol. The molecule has 0 bridgehead atoms. The fourth-order valence-electron chi connectivity index (χ4n) is 3.22. The first-order valence-corrected chi connectivity index (χ1v) is 12.0. The number of likely N-dealkylation sites (N-methyl/N-ethyl adjacent to an activating group) is 1. The molecule has 3 aromatic heterocycles. The summed E-state index contributed by atoms with van der Waals surface area (Å²) in [6.07, 6.45) is 4.68. The summed E-state index contributed by atoms with van der Waals surface area (Å²) >= 11 is 1.29. The Kier molecular flexibility index (Phi) is 7.96. The Morgan fingerprint density at radius 1 is 1.11 bits per heavy atom. The number of carbonyl (C=O) groups is 1. The Bertz CT molecular complexity index is 1250. The van der Waals surface area contributed by atoms with Crippen molar-refractivity contribution in [3.05, 3.63) is 78.2 Å². The molecule has 3 heterocycles. The van der Waals surface area contributed by atoms with Gasteiger partial charge in [0, 0.05) is 37.2 Å². The van der Waals surface area contributed by atoms with Gasteiger partial charge in [0.05, 0.1) is 11.3 Å². The predicted molar refractivity (Wildman–Crippen MR) is 138 cm³/mol. The fourth-order valence-corrected chi connectivity index (χ4v) is 3.97. The first kappa shape index (κ1) is 24.2. The monoisotopic (exact) mass is 489 g/mol. The van der Waals surface area contributed by atoms with E-state index in [4.69, 9.17) is 4.74 Å². The highest BCUT2D eigenvalue weighted by atomic mass is 32.1. The third-order valence-corrected chi connectivity index (χ3v) is 6.01. The molecule has 10 heteroatoms. The maximum absolute atomic E-state index is 13.0. The predicted octanol–water partition coefficient (Wildman–Crippen LogP) is 4.36. The summed E-state index contributed by atoms with van der Waals surface area (Å²) in [6, 6.07) is 15.4. The number of carbonyl (C=O) groups excluding carboxylic acids is 1. The summed E-state index contributed by atoms with van der Waals surface area (Å²) in [5.41, 5.74) is 2.97. The van der Waals surface area contributed by atoms with Gasteiger partial charge in [-0.1, -0.05) is 41.7 Å². The molecule has 0 spiro atoms. The Morgan fingerprint density at radius 2 is 1.89 bits per heavy atom. The fraction of sp³-hybridized carbons (Fsp3) is 0.240. The van der Waals surface area contributed by atoms with Gasteiger partial charge in [-0.2, -0.15) is 0 Å². The second-order valence-electron chi connectivity index (χ2n) is 8.08. The van der Waals surface area contributed by atoms with Crippen LogP contribution in [0.4, 0.5) is 10.8 Å². The van der Waals surface area contributed by atoms with Crippen LogP contribution < -0.4 is 15.4 Å². The molecule has 2 N–H and O–H groups in total. The Labute approximate surface area is 208 Å². The maximum Gasteiger partial charge on any atom is 0.259 e. The van der Waals surface area contributed by atoms with Crippen LogP contribution in [0.2, 0.25) is 0 Å². The van der Waals surface area contributed by atoms with Crippen LogP contribution in [-0.2, 0) is 0 Å². The Balaban J connectivity index is 1.51. The summed E-state index contributed by atoms with van der Waals surface area (Å²) in [7, 11) is 4.00. The van der Waals surface area contributed by atoms with Crippen LogP contribution >= 0.6 is 11.3 Å². The first-order chi connectivity index (χ1) is 17.0. The van der Waals surface area contributed by atoms with Crippen molar-refractivity contribution in [3.8, 4) is 16.5 Å².